The zero-order valence-electron chi connectivity index (χ0n) is 8.20. The van der Waals surface area contributed by atoms with Crippen LogP contribution in [0.4, 0.5) is 5.69 Å². The Bertz CT molecular complexity index is 566. The Balaban J connectivity index is 2.50. The summed E-state index contributed by atoms with van der Waals surface area (Å²) >= 11 is 4.69. The van der Waals surface area contributed by atoms with Crippen LogP contribution in [0.1, 0.15) is 0 Å². The zero-order valence-corrected chi connectivity index (χ0v) is 9.83. The number of sulfonamides is 1. The molecule has 0 aliphatic carbocycles. The van der Waals surface area contributed by atoms with Crippen molar-refractivity contribution in [3.63, 3.8) is 0 Å². The molecule has 0 spiro atoms. The Hall–Kier alpha value is -1.47. The maximum atomic E-state index is 12.1. The number of nitrogens with two attached hydrogens (primary N) is 1. The normalized spacial score (nSPS) is 16.9. The Morgan fingerprint density at radius 3 is 2.81 bits per heavy atom. The van der Waals surface area contributed by atoms with Crippen molar-refractivity contribution in [3.8, 4) is 0 Å². The van der Waals surface area contributed by atoms with Gasteiger partial charge in [0.15, 0.2) is 0 Å². The predicted octanol–water partition coefficient (Wildman–Crippen LogP) is 0.637. The molecule has 1 aromatic rings. The van der Waals surface area contributed by atoms with Crippen LogP contribution in [0.3, 0.4) is 0 Å². The first-order chi connectivity index (χ1) is 7.51. The number of para-hydroxylation sites is 1. The van der Waals surface area contributed by atoms with Gasteiger partial charge in [0.05, 0.1) is 17.2 Å². The second-order valence-electron chi connectivity index (χ2n) is 3.23. The van der Waals surface area contributed by atoms with E-state index >= 15 is 0 Å². The number of nitrogens with zero attached hydrogens (tertiary/aromatic N) is 2. The van der Waals surface area contributed by atoms with Crippen LogP contribution in [0.5, 0.6) is 0 Å². The monoisotopic (exact) mass is 255 g/mol. The third-order valence-corrected chi connectivity index (χ3v) is 3.96. The first-order valence-electron chi connectivity index (χ1n) is 4.45. The number of rotatable bonds is 2. The van der Waals surface area contributed by atoms with Crippen LogP contribution in [-0.4, -0.2) is 30.6 Å². The molecule has 0 unspecified atom stereocenters. The Morgan fingerprint density at radius 1 is 1.44 bits per heavy atom. The van der Waals surface area contributed by atoms with Gasteiger partial charge in [0.25, 0.3) is 10.0 Å². The summed E-state index contributed by atoms with van der Waals surface area (Å²) in [4.78, 5) is 4.31. The van der Waals surface area contributed by atoms with Gasteiger partial charge in [0.2, 0.25) is 0 Å². The fourth-order valence-electron chi connectivity index (χ4n) is 1.38. The maximum absolute atomic E-state index is 12.1. The molecule has 0 saturated carbocycles. The molecule has 2 rings (SSSR count). The number of benzene rings is 1. The minimum Gasteiger partial charge on any atom is -0.392 e. The highest BCUT2D eigenvalue weighted by molar-refractivity contribution is 7.90. The van der Waals surface area contributed by atoms with E-state index < -0.39 is 10.0 Å². The lowest BCUT2D eigenvalue weighted by atomic mass is 10.3. The average molecular weight is 255 g/mol. The van der Waals surface area contributed by atoms with Gasteiger partial charge in [-0.05, 0) is 12.1 Å². The molecule has 0 fully saturated rings. The summed E-state index contributed by atoms with van der Waals surface area (Å²) in [6.45, 7) is -0.0322. The fourth-order valence-corrected chi connectivity index (χ4v) is 2.97. The van der Waals surface area contributed by atoms with Gasteiger partial charge in [-0.15, -0.1) is 0 Å². The molecule has 0 amide bonds. The van der Waals surface area contributed by atoms with Crippen LogP contribution in [0.2, 0.25) is 0 Å². The van der Waals surface area contributed by atoms with Gasteiger partial charge in [-0.2, -0.15) is 0 Å². The minimum atomic E-state index is -3.56. The van der Waals surface area contributed by atoms with Gasteiger partial charge in [0.1, 0.15) is 11.2 Å². The van der Waals surface area contributed by atoms with E-state index in [2.05, 4.69) is 17.2 Å². The van der Waals surface area contributed by atoms with Gasteiger partial charge < -0.3 is 5.73 Å². The van der Waals surface area contributed by atoms with Gasteiger partial charge in [-0.3, -0.25) is 0 Å². The number of fused-ring (bicyclic) bond motifs is 1. The molecule has 0 radical (unpaired) electrons. The van der Waals surface area contributed by atoms with E-state index in [1.165, 1.54) is 12.4 Å². The first-order valence-corrected chi connectivity index (χ1v) is 6.30. The van der Waals surface area contributed by atoms with Gasteiger partial charge in [0, 0.05) is 0 Å². The van der Waals surface area contributed by atoms with E-state index in [1.54, 1.807) is 18.2 Å². The Kier molecular flexibility index (Phi) is 2.64. The molecular formula is C9H9N3O2S2. The molecule has 0 aromatic heterocycles. The van der Waals surface area contributed by atoms with Crippen LogP contribution in [0, 0.1) is 0 Å². The third kappa shape index (κ3) is 1.79. The largest absolute Gasteiger partial charge is 0.392 e. The van der Waals surface area contributed by atoms with E-state index in [0.29, 0.717) is 5.69 Å². The third-order valence-electron chi connectivity index (χ3n) is 2.09. The lowest BCUT2D eigenvalue weighted by Gasteiger charge is -2.23. The van der Waals surface area contributed by atoms with Crippen molar-refractivity contribution < 1.29 is 8.42 Å². The average Bonchev–Trinajstić information content (AvgIpc) is 2.22. The van der Waals surface area contributed by atoms with E-state index in [4.69, 9.17) is 5.73 Å². The van der Waals surface area contributed by atoms with Crippen LogP contribution in [0.25, 0.3) is 0 Å². The number of hydrogen-bond donors (Lipinski definition) is 1. The molecule has 1 aromatic carbocycles. The second-order valence-corrected chi connectivity index (χ2v) is 5.61. The van der Waals surface area contributed by atoms with Gasteiger partial charge >= 0.3 is 0 Å². The van der Waals surface area contributed by atoms with Crippen molar-refractivity contribution in [2.45, 2.75) is 4.90 Å². The molecule has 1 aliphatic rings. The maximum Gasteiger partial charge on any atom is 0.267 e. The molecule has 1 heterocycles. The Morgan fingerprint density at radius 2 is 2.12 bits per heavy atom. The number of hydrogen-bond acceptors (Lipinski definition) is 4. The minimum absolute atomic E-state index is 0.0322. The predicted molar refractivity (Wildman–Crippen MR) is 65.3 cm³/mol. The van der Waals surface area contributed by atoms with E-state index in [9.17, 15) is 8.42 Å². The van der Waals surface area contributed by atoms with Crippen LogP contribution in [-0.2, 0) is 10.0 Å². The molecule has 5 nitrogen and oxygen atoms in total. The van der Waals surface area contributed by atoms with Crippen molar-refractivity contribution in [1.29, 1.82) is 0 Å². The summed E-state index contributed by atoms with van der Waals surface area (Å²) < 4.78 is 25.2. The molecule has 16 heavy (non-hydrogen) atoms. The van der Waals surface area contributed by atoms with Crippen molar-refractivity contribution in [2.75, 3.05) is 6.54 Å². The number of aliphatic imine (C=N–C) groups is 1. The molecular weight excluding hydrogens is 246 g/mol. The summed E-state index contributed by atoms with van der Waals surface area (Å²) in [6, 6.07) is 6.53. The summed E-state index contributed by atoms with van der Waals surface area (Å²) in [5.74, 6) is 0. The number of thiocarbonyl (C=S) groups is 1. The highest BCUT2D eigenvalue weighted by Gasteiger charge is 2.28. The molecule has 0 saturated heterocycles. The summed E-state index contributed by atoms with van der Waals surface area (Å²) in [6.07, 6.45) is 1.23. The highest BCUT2D eigenvalue weighted by Crippen LogP contribution is 2.29. The summed E-state index contributed by atoms with van der Waals surface area (Å²) in [5, 5.41) is 0. The van der Waals surface area contributed by atoms with Crippen LogP contribution < -0.4 is 5.73 Å². The Labute approximate surface area is 98.6 Å². The van der Waals surface area contributed by atoms with Crippen LogP contribution >= 0.6 is 12.2 Å². The summed E-state index contributed by atoms with van der Waals surface area (Å²) in [5.41, 5.74) is 5.76. The molecule has 1 aliphatic heterocycles. The SMILES string of the molecule is NC(=S)CN1C=Nc2ccccc2S1(=O)=O. The highest BCUT2D eigenvalue weighted by atomic mass is 32.2. The lowest BCUT2D eigenvalue weighted by Crippen LogP contribution is -2.38. The van der Waals surface area contributed by atoms with Crippen molar-refractivity contribution >= 4 is 39.3 Å². The summed E-state index contributed by atoms with van der Waals surface area (Å²) in [7, 11) is -3.56. The van der Waals surface area contributed by atoms with E-state index in [0.717, 1.165) is 4.31 Å². The van der Waals surface area contributed by atoms with E-state index in [-0.39, 0.29) is 16.4 Å². The van der Waals surface area contributed by atoms with Crippen molar-refractivity contribution in [3.05, 3.63) is 24.3 Å². The smallest absolute Gasteiger partial charge is 0.267 e. The first kappa shape index (κ1) is 11.0. The molecule has 84 valence electrons. The van der Waals surface area contributed by atoms with E-state index in [1.807, 2.05) is 0 Å². The molecule has 7 heteroatoms. The van der Waals surface area contributed by atoms with Crippen LogP contribution in [0.15, 0.2) is 34.2 Å². The van der Waals surface area contributed by atoms with Crippen molar-refractivity contribution in [1.82, 2.24) is 4.31 Å². The molecule has 0 atom stereocenters. The van der Waals surface area contributed by atoms with Gasteiger partial charge in [-0.25, -0.2) is 17.7 Å². The quantitative estimate of drug-likeness (QED) is 0.787. The fraction of sp³-hybridized carbons (Fsp3) is 0.111. The second kappa shape index (κ2) is 3.84. The van der Waals surface area contributed by atoms with Crippen molar-refractivity contribution in [2.24, 2.45) is 10.7 Å². The van der Waals surface area contributed by atoms with Gasteiger partial charge in [-0.1, -0.05) is 24.4 Å². The standard InChI is InChI=1S/C9H9N3O2S2/c10-9(15)5-12-6-11-7-3-1-2-4-8(7)16(12,13)14/h1-4,6H,5H2,(H2,10,15). The lowest BCUT2D eigenvalue weighted by molar-refractivity contribution is 0.546. The molecule has 2 N–H and O–H groups in total. The zero-order chi connectivity index (χ0) is 11.8. The topological polar surface area (TPSA) is 75.8 Å². The molecule has 0 bridgehead atoms.